The van der Waals surface area contributed by atoms with E-state index in [0.29, 0.717) is 13.0 Å². The van der Waals surface area contributed by atoms with Crippen molar-refractivity contribution in [1.82, 2.24) is 0 Å². The molecule has 0 heterocycles. The molecule has 1 atom stereocenters. The molecule has 2 nitrogen and oxygen atoms in total. The van der Waals surface area contributed by atoms with Crippen LogP contribution in [-0.2, 0) is 14.3 Å². The second-order valence-corrected chi connectivity index (χ2v) is 7.13. The van der Waals surface area contributed by atoms with E-state index in [0.717, 1.165) is 14.9 Å². The zero-order valence-corrected chi connectivity index (χ0v) is 15.4. The molecule has 23 heavy (non-hydrogen) atoms. The molecule has 1 unspecified atom stereocenters. The maximum absolute atomic E-state index is 12.9. The molecule has 0 aliphatic carbocycles. The van der Waals surface area contributed by atoms with Crippen LogP contribution in [0, 0.1) is 0 Å². The number of hydrogen-bond donors (Lipinski definition) is 0. The fourth-order valence-electron chi connectivity index (χ4n) is 2.33. The average molecular weight is 391 g/mol. The van der Waals surface area contributed by atoms with Crippen molar-refractivity contribution in [2.45, 2.75) is 23.0 Å². The summed E-state index contributed by atoms with van der Waals surface area (Å²) in [7, 11) is 0. The highest BCUT2D eigenvalue weighted by Crippen LogP contribution is 2.47. The van der Waals surface area contributed by atoms with Crippen LogP contribution in [-0.4, -0.2) is 12.6 Å². The van der Waals surface area contributed by atoms with Gasteiger partial charge < -0.3 is 4.74 Å². The number of hydrogen-bond acceptors (Lipinski definition) is 3. The maximum atomic E-state index is 12.9. The molecule has 0 aliphatic rings. The molecule has 0 amide bonds. The van der Waals surface area contributed by atoms with E-state index in [9.17, 15) is 4.79 Å². The summed E-state index contributed by atoms with van der Waals surface area (Å²) in [6.45, 7) is 6.02. The third-order valence-corrected chi connectivity index (χ3v) is 5.85. The van der Waals surface area contributed by atoms with Gasteiger partial charge in [0.1, 0.15) is 4.75 Å². The molecule has 0 bridgehead atoms. The average Bonchev–Trinajstić information content (AvgIpc) is 2.57. The minimum absolute atomic E-state index is 0.244. The number of esters is 1. The van der Waals surface area contributed by atoms with Gasteiger partial charge in [-0.1, -0.05) is 48.5 Å². The van der Waals surface area contributed by atoms with Crippen LogP contribution in [0.1, 0.15) is 18.9 Å². The van der Waals surface area contributed by atoms with E-state index < -0.39 is 4.75 Å². The van der Waals surface area contributed by atoms with Gasteiger partial charge in [0.05, 0.1) is 6.61 Å². The first-order valence-corrected chi connectivity index (χ1v) is 9.02. The molecular formula is C19H19BrO2S. The monoisotopic (exact) mass is 390 g/mol. The zero-order valence-electron chi connectivity index (χ0n) is 13.0. The number of halogens is 1. The lowest BCUT2D eigenvalue weighted by molar-refractivity contribution is -0.146. The third kappa shape index (κ3) is 4.06. The molecule has 120 valence electrons. The standard InChI is InChI=1S/C19H19BrO2S/c1-3-14-19(18(21)22-4-2,15-10-6-5-7-11-15)23-17-13-9-8-12-16(17)20/h3,5-13H,1,4,14H2,2H3. The molecule has 2 aromatic carbocycles. The lowest BCUT2D eigenvalue weighted by Gasteiger charge is -2.30. The molecule has 0 aromatic heterocycles. The van der Waals surface area contributed by atoms with Gasteiger partial charge in [-0.15, -0.1) is 18.3 Å². The molecule has 0 saturated heterocycles. The molecule has 0 fully saturated rings. The van der Waals surface area contributed by atoms with E-state index in [1.807, 2.05) is 61.5 Å². The summed E-state index contributed by atoms with van der Waals surface area (Å²) in [5, 5.41) is 0. The first-order chi connectivity index (χ1) is 11.1. The molecule has 0 radical (unpaired) electrons. The van der Waals surface area contributed by atoms with Gasteiger partial charge in [0.25, 0.3) is 0 Å². The topological polar surface area (TPSA) is 26.3 Å². The van der Waals surface area contributed by atoms with Gasteiger partial charge in [0.15, 0.2) is 0 Å². The summed E-state index contributed by atoms with van der Waals surface area (Å²) in [6.07, 6.45) is 2.26. The van der Waals surface area contributed by atoms with Crippen molar-refractivity contribution >= 4 is 33.7 Å². The van der Waals surface area contributed by atoms with Crippen molar-refractivity contribution in [3.8, 4) is 0 Å². The lowest BCUT2D eigenvalue weighted by atomic mass is 9.94. The van der Waals surface area contributed by atoms with Crippen molar-refractivity contribution in [1.29, 1.82) is 0 Å². The first-order valence-electron chi connectivity index (χ1n) is 7.41. The van der Waals surface area contributed by atoms with E-state index in [-0.39, 0.29) is 5.97 Å². The van der Waals surface area contributed by atoms with E-state index in [4.69, 9.17) is 4.74 Å². The number of allylic oxidation sites excluding steroid dienone is 1. The van der Waals surface area contributed by atoms with E-state index in [1.54, 1.807) is 6.08 Å². The lowest BCUT2D eigenvalue weighted by Crippen LogP contribution is -2.34. The summed E-state index contributed by atoms with van der Waals surface area (Å²) in [5.74, 6) is -0.244. The van der Waals surface area contributed by atoms with E-state index >= 15 is 0 Å². The number of carbonyl (C=O) groups is 1. The van der Waals surface area contributed by atoms with Crippen LogP contribution >= 0.6 is 27.7 Å². The highest BCUT2D eigenvalue weighted by molar-refractivity contribution is 9.10. The minimum atomic E-state index is -0.844. The molecule has 2 rings (SSSR count). The van der Waals surface area contributed by atoms with Crippen LogP contribution in [0.25, 0.3) is 0 Å². The molecular weight excluding hydrogens is 372 g/mol. The molecule has 4 heteroatoms. The Kier molecular flexibility index (Phi) is 6.48. The number of thioether (sulfide) groups is 1. The minimum Gasteiger partial charge on any atom is -0.465 e. The predicted molar refractivity (Wildman–Crippen MR) is 99.6 cm³/mol. The Morgan fingerprint density at radius 2 is 1.87 bits per heavy atom. The van der Waals surface area contributed by atoms with Crippen LogP contribution in [0.5, 0.6) is 0 Å². The van der Waals surface area contributed by atoms with Crippen LogP contribution < -0.4 is 0 Å². The SMILES string of the molecule is C=CCC(Sc1ccccc1Br)(C(=O)OCC)c1ccccc1. The second kappa shape index (κ2) is 8.37. The number of benzene rings is 2. The van der Waals surface area contributed by atoms with Crippen LogP contribution in [0.15, 0.2) is 76.6 Å². The number of carbonyl (C=O) groups excluding carboxylic acids is 1. The van der Waals surface area contributed by atoms with Crippen LogP contribution in [0.4, 0.5) is 0 Å². The summed E-state index contributed by atoms with van der Waals surface area (Å²) in [5.41, 5.74) is 0.916. The Labute approximate surface area is 150 Å². The zero-order chi connectivity index (χ0) is 16.7. The van der Waals surface area contributed by atoms with Crippen molar-refractivity contribution in [3.63, 3.8) is 0 Å². The summed E-state index contributed by atoms with van der Waals surface area (Å²) in [4.78, 5) is 13.9. The Balaban J connectivity index is 2.54. The van der Waals surface area contributed by atoms with Crippen molar-refractivity contribution < 1.29 is 9.53 Å². The van der Waals surface area contributed by atoms with Gasteiger partial charge in [0, 0.05) is 9.37 Å². The van der Waals surface area contributed by atoms with Gasteiger partial charge in [-0.05, 0) is 47.0 Å². The van der Waals surface area contributed by atoms with Gasteiger partial charge in [-0.25, -0.2) is 0 Å². The van der Waals surface area contributed by atoms with Gasteiger partial charge in [0.2, 0.25) is 0 Å². The summed E-state index contributed by atoms with van der Waals surface area (Å²) >= 11 is 5.06. The molecule has 0 N–H and O–H groups in total. The van der Waals surface area contributed by atoms with E-state index in [1.165, 1.54) is 11.8 Å². The smallest absolute Gasteiger partial charge is 0.327 e. The largest absolute Gasteiger partial charge is 0.465 e. The van der Waals surface area contributed by atoms with Gasteiger partial charge >= 0.3 is 5.97 Å². The molecule has 2 aromatic rings. The fourth-order valence-corrected chi connectivity index (χ4v) is 4.15. The fraction of sp³-hybridized carbons (Fsp3) is 0.211. The normalized spacial score (nSPS) is 13.1. The van der Waals surface area contributed by atoms with Crippen LogP contribution in [0.3, 0.4) is 0 Å². The predicted octanol–water partition coefficient (Wildman–Crippen LogP) is 5.58. The molecule has 0 saturated carbocycles. The Morgan fingerprint density at radius 1 is 1.22 bits per heavy atom. The Morgan fingerprint density at radius 3 is 2.48 bits per heavy atom. The van der Waals surface area contributed by atoms with Crippen molar-refractivity contribution in [2.24, 2.45) is 0 Å². The van der Waals surface area contributed by atoms with Gasteiger partial charge in [-0.2, -0.15) is 0 Å². The van der Waals surface area contributed by atoms with Crippen molar-refractivity contribution in [2.75, 3.05) is 6.61 Å². The van der Waals surface area contributed by atoms with Crippen LogP contribution in [0.2, 0.25) is 0 Å². The molecule has 0 aliphatic heterocycles. The number of rotatable bonds is 7. The number of ether oxygens (including phenoxy) is 1. The maximum Gasteiger partial charge on any atom is 0.327 e. The highest BCUT2D eigenvalue weighted by atomic mass is 79.9. The van der Waals surface area contributed by atoms with Crippen molar-refractivity contribution in [3.05, 3.63) is 77.3 Å². The first kappa shape index (κ1) is 17.8. The Bertz CT molecular complexity index is 672. The summed E-state index contributed by atoms with van der Waals surface area (Å²) in [6, 6.07) is 17.6. The summed E-state index contributed by atoms with van der Waals surface area (Å²) < 4.78 is 5.52. The second-order valence-electron chi connectivity index (χ2n) is 4.94. The molecule has 0 spiro atoms. The Hall–Kier alpha value is -1.52. The third-order valence-electron chi connectivity index (χ3n) is 3.40. The van der Waals surface area contributed by atoms with E-state index in [2.05, 4.69) is 22.5 Å². The quantitative estimate of drug-likeness (QED) is 0.350. The van der Waals surface area contributed by atoms with Gasteiger partial charge in [-0.3, -0.25) is 4.79 Å². The highest BCUT2D eigenvalue weighted by Gasteiger charge is 2.42.